The molecule has 0 aliphatic carbocycles. The smallest absolute Gasteiger partial charge is 0.240 e. The summed E-state index contributed by atoms with van der Waals surface area (Å²) in [5.41, 5.74) is 0.0493. The lowest BCUT2D eigenvalue weighted by molar-refractivity contribution is 0.232. The van der Waals surface area contributed by atoms with Crippen molar-refractivity contribution in [3.63, 3.8) is 0 Å². The van der Waals surface area contributed by atoms with Crippen LogP contribution in [0.25, 0.3) is 0 Å². The van der Waals surface area contributed by atoms with Gasteiger partial charge in [0.05, 0.1) is 4.90 Å². The monoisotopic (exact) mass is 382 g/mol. The number of rotatable bonds is 4. The van der Waals surface area contributed by atoms with Gasteiger partial charge in [-0.15, -0.1) is 12.4 Å². The summed E-state index contributed by atoms with van der Waals surface area (Å²) >= 11 is 3.30. The van der Waals surface area contributed by atoms with Crippen LogP contribution in [0.1, 0.15) is 19.8 Å². The highest BCUT2D eigenvalue weighted by Gasteiger charge is 2.28. The summed E-state index contributed by atoms with van der Waals surface area (Å²) in [6.07, 6.45) is 1.99. The van der Waals surface area contributed by atoms with Gasteiger partial charge in [0.2, 0.25) is 10.0 Å². The molecule has 7 heteroatoms. The van der Waals surface area contributed by atoms with E-state index in [0.717, 1.165) is 30.4 Å². The van der Waals surface area contributed by atoms with Crippen molar-refractivity contribution in [2.45, 2.75) is 24.7 Å². The summed E-state index contributed by atoms with van der Waals surface area (Å²) in [7, 11) is -3.41. The van der Waals surface area contributed by atoms with Crippen molar-refractivity contribution in [1.82, 2.24) is 10.0 Å². The molecule has 0 atom stereocenters. The van der Waals surface area contributed by atoms with Gasteiger partial charge < -0.3 is 5.32 Å². The maximum atomic E-state index is 12.2. The minimum atomic E-state index is -3.41. The Labute approximate surface area is 135 Å². The van der Waals surface area contributed by atoms with Gasteiger partial charge in [-0.3, -0.25) is 0 Å². The van der Waals surface area contributed by atoms with Crippen LogP contribution in [-0.4, -0.2) is 28.1 Å². The fourth-order valence-corrected chi connectivity index (χ4v) is 3.64. The number of hydrogen-bond acceptors (Lipinski definition) is 3. The molecule has 1 aromatic rings. The number of benzene rings is 1. The van der Waals surface area contributed by atoms with Crippen LogP contribution in [0.4, 0.5) is 0 Å². The summed E-state index contributed by atoms with van der Waals surface area (Å²) in [4.78, 5) is 0.313. The molecule has 0 saturated carbocycles. The normalized spacial score (nSPS) is 18.3. The summed E-state index contributed by atoms with van der Waals surface area (Å²) < 4.78 is 28.0. The number of sulfonamides is 1. The van der Waals surface area contributed by atoms with E-state index in [4.69, 9.17) is 0 Å². The van der Waals surface area contributed by atoms with E-state index in [1.165, 1.54) is 0 Å². The van der Waals surface area contributed by atoms with Crippen LogP contribution >= 0.6 is 28.3 Å². The lowest BCUT2D eigenvalue weighted by Crippen LogP contribution is -2.42. The molecule has 20 heavy (non-hydrogen) atoms. The molecule has 0 bridgehead atoms. The van der Waals surface area contributed by atoms with E-state index in [1.54, 1.807) is 24.3 Å². The van der Waals surface area contributed by atoms with Crippen molar-refractivity contribution >= 4 is 38.4 Å². The van der Waals surface area contributed by atoms with Crippen LogP contribution in [0, 0.1) is 5.41 Å². The first-order valence-electron chi connectivity index (χ1n) is 6.37. The Balaban J connectivity index is 0.00000200. The topological polar surface area (TPSA) is 58.2 Å². The van der Waals surface area contributed by atoms with Crippen molar-refractivity contribution in [2.24, 2.45) is 5.41 Å². The van der Waals surface area contributed by atoms with Gasteiger partial charge in [0, 0.05) is 11.0 Å². The largest absolute Gasteiger partial charge is 0.317 e. The van der Waals surface area contributed by atoms with Crippen LogP contribution in [0.15, 0.2) is 33.6 Å². The number of hydrogen-bond donors (Lipinski definition) is 2. The maximum absolute atomic E-state index is 12.2. The number of nitrogens with one attached hydrogen (secondary N) is 2. The van der Waals surface area contributed by atoms with Crippen LogP contribution < -0.4 is 10.0 Å². The summed E-state index contributed by atoms with van der Waals surface area (Å²) in [5, 5.41) is 3.29. The van der Waals surface area contributed by atoms with Gasteiger partial charge in [-0.05, 0) is 55.6 Å². The third-order valence-electron chi connectivity index (χ3n) is 3.62. The predicted octanol–water partition coefficient (Wildman–Crippen LogP) is 2.54. The van der Waals surface area contributed by atoms with Gasteiger partial charge in [0.25, 0.3) is 0 Å². The van der Waals surface area contributed by atoms with Gasteiger partial charge >= 0.3 is 0 Å². The fraction of sp³-hybridized carbons (Fsp3) is 0.538. The summed E-state index contributed by atoms with van der Waals surface area (Å²) in [6.45, 7) is 4.54. The predicted molar refractivity (Wildman–Crippen MR) is 86.8 cm³/mol. The van der Waals surface area contributed by atoms with E-state index >= 15 is 0 Å². The molecule has 1 saturated heterocycles. The number of halogens is 2. The second kappa shape index (κ2) is 7.22. The molecule has 2 rings (SSSR count). The van der Waals surface area contributed by atoms with Gasteiger partial charge in [0.15, 0.2) is 0 Å². The SMILES string of the molecule is CC1(CNS(=O)(=O)c2ccc(Br)cc2)CCNCC1.Cl. The molecule has 0 aromatic heterocycles. The first kappa shape index (κ1) is 17.9. The van der Waals surface area contributed by atoms with Crippen molar-refractivity contribution in [3.05, 3.63) is 28.7 Å². The molecule has 0 unspecified atom stereocenters. The van der Waals surface area contributed by atoms with E-state index < -0.39 is 10.0 Å². The maximum Gasteiger partial charge on any atom is 0.240 e. The average Bonchev–Trinajstić information content (AvgIpc) is 2.38. The Hall–Kier alpha value is -0.140. The van der Waals surface area contributed by atoms with E-state index in [-0.39, 0.29) is 17.8 Å². The van der Waals surface area contributed by atoms with Crippen LogP contribution in [0.5, 0.6) is 0 Å². The van der Waals surface area contributed by atoms with E-state index in [0.29, 0.717) is 11.4 Å². The summed E-state index contributed by atoms with van der Waals surface area (Å²) in [6, 6.07) is 6.69. The molecule has 1 fully saturated rings. The van der Waals surface area contributed by atoms with Crippen molar-refractivity contribution in [1.29, 1.82) is 0 Å². The van der Waals surface area contributed by atoms with E-state index in [2.05, 4.69) is 32.9 Å². The summed E-state index contributed by atoms with van der Waals surface area (Å²) in [5.74, 6) is 0. The second-order valence-corrected chi connectivity index (χ2v) is 8.02. The zero-order valence-electron chi connectivity index (χ0n) is 11.4. The highest BCUT2D eigenvalue weighted by atomic mass is 79.9. The zero-order chi connectivity index (χ0) is 13.9. The Morgan fingerprint density at radius 1 is 1.25 bits per heavy atom. The van der Waals surface area contributed by atoms with Crippen LogP contribution in [-0.2, 0) is 10.0 Å². The molecule has 114 valence electrons. The zero-order valence-corrected chi connectivity index (χ0v) is 14.6. The molecule has 1 aliphatic heterocycles. The molecule has 0 spiro atoms. The molecule has 2 N–H and O–H groups in total. The number of piperidine rings is 1. The van der Waals surface area contributed by atoms with Crippen LogP contribution in [0.3, 0.4) is 0 Å². The first-order valence-corrected chi connectivity index (χ1v) is 8.65. The fourth-order valence-electron chi connectivity index (χ4n) is 2.17. The first-order chi connectivity index (χ1) is 8.91. The molecular weight excluding hydrogens is 364 g/mol. The standard InChI is InChI=1S/C13H19BrN2O2S.ClH/c1-13(6-8-15-9-7-13)10-16-19(17,18)12-4-2-11(14)3-5-12;/h2-5,15-16H,6-10H2,1H3;1H. The van der Waals surface area contributed by atoms with E-state index in [1.807, 2.05) is 0 Å². The molecule has 0 radical (unpaired) electrons. The highest BCUT2D eigenvalue weighted by Crippen LogP contribution is 2.27. The van der Waals surface area contributed by atoms with Gasteiger partial charge in [0.1, 0.15) is 0 Å². The molecule has 1 aromatic carbocycles. The van der Waals surface area contributed by atoms with Gasteiger partial charge in [-0.2, -0.15) is 0 Å². The highest BCUT2D eigenvalue weighted by molar-refractivity contribution is 9.10. The van der Waals surface area contributed by atoms with Crippen LogP contribution in [0.2, 0.25) is 0 Å². The van der Waals surface area contributed by atoms with Gasteiger partial charge in [-0.25, -0.2) is 13.1 Å². The quantitative estimate of drug-likeness (QED) is 0.840. The molecule has 1 heterocycles. The van der Waals surface area contributed by atoms with Crippen molar-refractivity contribution in [3.8, 4) is 0 Å². The minimum absolute atomic E-state index is 0. The second-order valence-electron chi connectivity index (χ2n) is 5.34. The lowest BCUT2D eigenvalue weighted by Gasteiger charge is -2.34. The van der Waals surface area contributed by atoms with Crippen molar-refractivity contribution in [2.75, 3.05) is 19.6 Å². The van der Waals surface area contributed by atoms with E-state index in [9.17, 15) is 8.42 Å². The molecular formula is C13H20BrClN2O2S. The average molecular weight is 384 g/mol. The Bertz CT molecular complexity index is 528. The Kier molecular flexibility index (Phi) is 6.47. The molecule has 1 aliphatic rings. The van der Waals surface area contributed by atoms with Crippen molar-refractivity contribution < 1.29 is 8.42 Å². The van der Waals surface area contributed by atoms with Gasteiger partial charge in [-0.1, -0.05) is 22.9 Å². The third kappa shape index (κ3) is 4.70. The Morgan fingerprint density at radius 2 is 1.80 bits per heavy atom. The minimum Gasteiger partial charge on any atom is -0.317 e. The lowest BCUT2D eigenvalue weighted by atomic mass is 9.81. The third-order valence-corrected chi connectivity index (χ3v) is 5.57. The molecule has 4 nitrogen and oxygen atoms in total. The Morgan fingerprint density at radius 3 is 2.35 bits per heavy atom. The molecule has 0 amide bonds.